The van der Waals surface area contributed by atoms with Crippen LogP contribution in [0.2, 0.25) is 0 Å². The molecule has 0 aliphatic carbocycles. The van der Waals surface area contributed by atoms with Gasteiger partial charge in [0, 0.05) is 13.7 Å². The number of allylic oxidation sites excluding steroid dienone is 1. The number of hydrazine groups is 1. The quantitative estimate of drug-likeness (QED) is 0.370. The molecule has 3 heteroatoms. The Kier molecular flexibility index (Phi) is 5.88. The maximum atomic E-state index is 5.51. The van der Waals surface area contributed by atoms with Gasteiger partial charge in [0.15, 0.2) is 0 Å². The summed E-state index contributed by atoms with van der Waals surface area (Å²) in [5, 5.41) is 1.58. The van der Waals surface area contributed by atoms with Crippen molar-refractivity contribution in [2.24, 2.45) is 5.84 Å². The lowest BCUT2D eigenvalue weighted by molar-refractivity contribution is 0.138. The van der Waals surface area contributed by atoms with Crippen LogP contribution in [0.3, 0.4) is 0 Å². The van der Waals surface area contributed by atoms with Gasteiger partial charge < -0.3 is 9.75 Å². The Balaban J connectivity index is 3.54. The van der Waals surface area contributed by atoms with Crippen molar-refractivity contribution in [3.8, 4) is 0 Å². The predicted molar refractivity (Wildman–Crippen MR) is 46.8 cm³/mol. The Morgan fingerprint density at radius 2 is 2.27 bits per heavy atom. The lowest BCUT2D eigenvalue weighted by atomic mass is 10.4. The monoisotopic (exact) mass is 158 g/mol. The average molecular weight is 158 g/mol. The lowest BCUT2D eigenvalue weighted by Gasteiger charge is -2.15. The molecule has 0 aliphatic heterocycles. The SMILES string of the molecule is C/C=C(/COCCC)N(C)N. The molecule has 0 aromatic rings. The van der Waals surface area contributed by atoms with Crippen LogP contribution in [-0.2, 0) is 4.74 Å². The normalized spacial score (nSPS) is 11.8. The largest absolute Gasteiger partial charge is 0.375 e. The van der Waals surface area contributed by atoms with Crippen LogP contribution in [0.1, 0.15) is 20.3 Å². The third kappa shape index (κ3) is 4.81. The summed E-state index contributed by atoms with van der Waals surface area (Å²) < 4.78 is 5.31. The Morgan fingerprint density at radius 3 is 2.64 bits per heavy atom. The second-order valence-corrected chi connectivity index (χ2v) is 2.44. The molecule has 0 radical (unpaired) electrons. The summed E-state index contributed by atoms with van der Waals surface area (Å²) in [6.07, 6.45) is 3.00. The van der Waals surface area contributed by atoms with Crippen molar-refractivity contribution in [3.05, 3.63) is 11.8 Å². The number of nitrogens with two attached hydrogens (primary N) is 1. The fourth-order valence-electron chi connectivity index (χ4n) is 0.710. The molecule has 0 fully saturated rings. The van der Waals surface area contributed by atoms with E-state index >= 15 is 0 Å². The summed E-state index contributed by atoms with van der Waals surface area (Å²) in [5.74, 6) is 5.51. The molecule has 0 aromatic heterocycles. The Labute approximate surface area is 68.8 Å². The summed E-state index contributed by atoms with van der Waals surface area (Å²) in [5.41, 5.74) is 1.01. The molecule has 66 valence electrons. The first kappa shape index (κ1) is 10.5. The van der Waals surface area contributed by atoms with Crippen molar-refractivity contribution < 1.29 is 4.74 Å². The molecule has 0 heterocycles. The van der Waals surface area contributed by atoms with Crippen LogP contribution in [-0.4, -0.2) is 25.3 Å². The van der Waals surface area contributed by atoms with Gasteiger partial charge in [-0.15, -0.1) is 0 Å². The molecular formula is C8H18N2O. The Bertz CT molecular complexity index is 121. The van der Waals surface area contributed by atoms with Crippen LogP contribution < -0.4 is 5.84 Å². The number of hydrogen-bond donors (Lipinski definition) is 1. The fraction of sp³-hybridized carbons (Fsp3) is 0.750. The van der Waals surface area contributed by atoms with E-state index in [1.54, 1.807) is 5.01 Å². The first-order chi connectivity index (χ1) is 5.22. The van der Waals surface area contributed by atoms with Crippen LogP contribution in [0, 0.1) is 0 Å². The van der Waals surface area contributed by atoms with E-state index in [0.717, 1.165) is 18.7 Å². The highest BCUT2D eigenvalue weighted by Gasteiger charge is 1.97. The minimum Gasteiger partial charge on any atom is -0.375 e. The standard InChI is InChI=1S/C8H18N2O/c1-4-6-11-7-8(5-2)10(3)9/h5H,4,6-7,9H2,1-3H3/b8-5-. The van der Waals surface area contributed by atoms with E-state index in [-0.39, 0.29) is 0 Å². The second kappa shape index (κ2) is 6.19. The van der Waals surface area contributed by atoms with E-state index < -0.39 is 0 Å². The van der Waals surface area contributed by atoms with Crippen molar-refractivity contribution in [3.63, 3.8) is 0 Å². The molecule has 0 unspecified atom stereocenters. The Hall–Kier alpha value is -0.540. The maximum Gasteiger partial charge on any atom is 0.0875 e. The zero-order chi connectivity index (χ0) is 8.69. The van der Waals surface area contributed by atoms with Gasteiger partial charge in [-0.2, -0.15) is 0 Å². The van der Waals surface area contributed by atoms with Crippen molar-refractivity contribution in [1.29, 1.82) is 0 Å². The van der Waals surface area contributed by atoms with Gasteiger partial charge in [-0.05, 0) is 13.3 Å². The highest BCUT2D eigenvalue weighted by molar-refractivity contribution is 4.96. The predicted octanol–water partition coefficient (Wildman–Crippen LogP) is 1.12. The van der Waals surface area contributed by atoms with Crippen LogP contribution in [0.4, 0.5) is 0 Å². The molecule has 0 saturated carbocycles. The van der Waals surface area contributed by atoms with Gasteiger partial charge in [0.2, 0.25) is 0 Å². The molecule has 2 N–H and O–H groups in total. The summed E-state index contributed by atoms with van der Waals surface area (Å²) >= 11 is 0. The number of nitrogens with zero attached hydrogens (tertiary/aromatic N) is 1. The first-order valence-electron chi connectivity index (χ1n) is 3.93. The Morgan fingerprint density at radius 1 is 1.64 bits per heavy atom. The summed E-state index contributed by atoms with van der Waals surface area (Å²) in [6.45, 7) is 5.44. The van der Waals surface area contributed by atoms with E-state index in [1.807, 2.05) is 20.0 Å². The topological polar surface area (TPSA) is 38.5 Å². The van der Waals surface area contributed by atoms with Gasteiger partial charge in [-0.1, -0.05) is 13.0 Å². The minimum absolute atomic E-state index is 0.608. The van der Waals surface area contributed by atoms with Crippen molar-refractivity contribution in [1.82, 2.24) is 5.01 Å². The van der Waals surface area contributed by atoms with Gasteiger partial charge in [0.25, 0.3) is 0 Å². The maximum absolute atomic E-state index is 5.51. The summed E-state index contributed by atoms with van der Waals surface area (Å²) in [6, 6.07) is 0. The highest BCUT2D eigenvalue weighted by Crippen LogP contribution is 1.96. The van der Waals surface area contributed by atoms with Crippen LogP contribution in [0.5, 0.6) is 0 Å². The molecule has 0 atom stereocenters. The van der Waals surface area contributed by atoms with Crippen molar-refractivity contribution in [2.75, 3.05) is 20.3 Å². The molecule has 0 aliphatic rings. The molecule has 0 bridgehead atoms. The van der Waals surface area contributed by atoms with Gasteiger partial charge in [0.1, 0.15) is 0 Å². The number of hydrogen-bond acceptors (Lipinski definition) is 3. The molecule has 0 saturated heterocycles. The number of ether oxygens (including phenoxy) is 1. The molecule has 11 heavy (non-hydrogen) atoms. The molecule has 0 spiro atoms. The van der Waals surface area contributed by atoms with Gasteiger partial charge in [-0.3, -0.25) is 0 Å². The lowest BCUT2D eigenvalue weighted by Crippen LogP contribution is -2.27. The van der Waals surface area contributed by atoms with E-state index in [2.05, 4.69) is 6.92 Å². The van der Waals surface area contributed by atoms with E-state index in [9.17, 15) is 0 Å². The first-order valence-corrected chi connectivity index (χ1v) is 3.93. The molecule has 0 rings (SSSR count). The van der Waals surface area contributed by atoms with Crippen LogP contribution in [0.25, 0.3) is 0 Å². The van der Waals surface area contributed by atoms with Crippen molar-refractivity contribution in [2.45, 2.75) is 20.3 Å². The van der Waals surface area contributed by atoms with Crippen LogP contribution in [0.15, 0.2) is 11.8 Å². The van der Waals surface area contributed by atoms with Gasteiger partial charge in [0.05, 0.1) is 12.3 Å². The van der Waals surface area contributed by atoms with Gasteiger partial charge >= 0.3 is 0 Å². The zero-order valence-corrected chi connectivity index (χ0v) is 7.63. The third-order valence-electron chi connectivity index (χ3n) is 1.38. The fourth-order valence-corrected chi connectivity index (χ4v) is 0.710. The third-order valence-corrected chi connectivity index (χ3v) is 1.38. The van der Waals surface area contributed by atoms with E-state index in [1.165, 1.54) is 0 Å². The summed E-state index contributed by atoms with van der Waals surface area (Å²) in [4.78, 5) is 0. The summed E-state index contributed by atoms with van der Waals surface area (Å²) in [7, 11) is 1.81. The minimum atomic E-state index is 0.608. The number of likely N-dealkylation sites (N-methyl/N-ethyl adjacent to an activating group) is 1. The zero-order valence-electron chi connectivity index (χ0n) is 7.63. The molecule has 0 aromatic carbocycles. The molecular weight excluding hydrogens is 140 g/mol. The average Bonchev–Trinajstić information content (AvgIpc) is 1.97. The smallest absolute Gasteiger partial charge is 0.0875 e. The van der Waals surface area contributed by atoms with Crippen LogP contribution >= 0.6 is 0 Å². The second-order valence-electron chi connectivity index (χ2n) is 2.44. The molecule has 0 amide bonds. The van der Waals surface area contributed by atoms with E-state index in [4.69, 9.17) is 10.6 Å². The van der Waals surface area contributed by atoms with E-state index in [0.29, 0.717) is 6.61 Å². The molecule has 3 nitrogen and oxygen atoms in total. The van der Waals surface area contributed by atoms with Crippen molar-refractivity contribution >= 4 is 0 Å². The number of rotatable bonds is 5. The highest BCUT2D eigenvalue weighted by atomic mass is 16.5. The van der Waals surface area contributed by atoms with Gasteiger partial charge in [-0.25, -0.2) is 5.84 Å².